The first kappa shape index (κ1) is 13.8. The summed E-state index contributed by atoms with van der Waals surface area (Å²) < 4.78 is 0. The van der Waals surface area contributed by atoms with Gasteiger partial charge in [-0.05, 0) is 57.5 Å². The second-order valence-electron chi connectivity index (χ2n) is 5.17. The van der Waals surface area contributed by atoms with E-state index in [4.69, 9.17) is 5.11 Å². The molecule has 0 amide bonds. The Morgan fingerprint density at radius 2 is 2.26 bits per heavy atom. The Morgan fingerprint density at radius 3 is 2.95 bits per heavy atom. The zero-order valence-corrected chi connectivity index (χ0v) is 11.3. The van der Waals surface area contributed by atoms with Crippen LogP contribution < -0.4 is 5.32 Å². The van der Waals surface area contributed by atoms with Gasteiger partial charge in [0, 0.05) is 12.7 Å². The Kier molecular flexibility index (Phi) is 4.74. The Morgan fingerprint density at radius 1 is 1.53 bits per heavy atom. The van der Waals surface area contributed by atoms with Crippen molar-refractivity contribution < 1.29 is 9.90 Å². The van der Waals surface area contributed by atoms with E-state index in [0.717, 1.165) is 32.0 Å². The molecular formula is C14H21N3O2. The molecule has 104 valence electrons. The van der Waals surface area contributed by atoms with Crippen LogP contribution in [0, 0.1) is 5.92 Å². The molecule has 0 unspecified atom stereocenters. The molecule has 19 heavy (non-hydrogen) atoms. The molecule has 2 rings (SSSR count). The van der Waals surface area contributed by atoms with Gasteiger partial charge >= 0.3 is 5.97 Å². The third kappa shape index (κ3) is 3.92. The highest BCUT2D eigenvalue weighted by Gasteiger charge is 2.16. The molecule has 0 spiro atoms. The van der Waals surface area contributed by atoms with Gasteiger partial charge in [-0.15, -0.1) is 0 Å². The Balaban J connectivity index is 1.81. The first-order valence-electron chi connectivity index (χ1n) is 6.77. The molecule has 0 atom stereocenters. The van der Waals surface area contributed by atoms with E-state index >= 15 is 0 Å². The van der Waals surface area contributed by atoms with Gasteiger partial charge in [-0.1, -0.05) is 0 Å². The average molecular weight is 263 g/mol. The number of aromatic nitrogens is 1. The maximum atomic E-state index is 11.0. The first-order valence-corrected chi connectivity index (χ1v) is 6.77. The third-order valence-corrected chi connectivity index (χ3v) is 3.72. The molecule has 5 heteroatoms. The van der Waals surface area contributed by atoms with Crippen molar-refractivity contribution in [3.8, 4) is 0 Å². The molecule has 2 N–H and O–H groups in total. The maximum absolute atomic E-state index is 11.0. The number of rotatable bonds is 5. The van der Waals surface area contributed by atoms with Crippen molar-refractivity contribution in [3.63, 3.8) is 0 Å². The summed E-state index contributed by atoms with van der Waals surface area (Å²) in [7, 11) is 2.15. The summed E-state index contributed by atoms with van der Waals surface area (Å²) >= 11 is 0. The summed E-state index contributed by atoms with van der Waals surface area (Å²) in [6, 6.07) is 3.22. The monoisotopic (exact) mass is 263 g/mol. The molecule has 1 aliphatic rings. The zero-order valence-electron chi connectivity index (χ0n) is 11.3. The lowest BCUT2D eigenvalue weighted by molar-refractivity contribution is 0.0697. The zero-order chi connectivity index (χ0) is 13.7. The van der Waals surface area contributed by atoms with Crippen molar-refractivity contribution in [3.05, 3.63) is 23.9 Å². The van der Waals surface area contributed by atoms with Crippen LogP contribution in [-0.2, 0) is 0 Å². The molecule has 5 nitrogen and oxygen atoms in total. The minimum absolute atomic E-state index is 0.242. The molecule has 0 aromatic carbocycles. The highest BCUT2D eigenvalue weighted by molar-refractivity contribution is 5.92. The number of carboxylic acids is 1. The molecule has 1 fully saturated rings. The quantitative estimate of drug-likeness (QED) is 0.849. The number of likely N-dealkylation sites (tertiary alicyclic amines) is 1. The Bertz CT molecular complexity index is 428. The molecule has 1 aliphatic heterocycles. The lowest BCUT2D eigenvalue weighted by atomic mass is 9.94. The number of hydrogen-bond acceptors (Lipinski definition) is 4. The number of hydrogen-bond donors (Lipinski definition) is 2. The van der Waals surface area contributed by atoms with Crippen molar-refractivity contribution in [2.45, 2.75) is 19.3 Å². The van der Waals surface area contributed by atoms with E-state index in [1.165, 1.54) is 12.8 Å². The predicted octanol–water partition coefficient (Wildman–Crippen LogP) is 1.92. The SMILES string of the molecule is CN1CCC(CCNc2ncccc2C(=O)O)CC1. The normalized spacial score (nSPS) is 17.3. The molecule has 0 bridgehead atoms. The standard InChI is InChI=1S/C14H21N3O2/c1-17-9-5-11(6-10-17)4-8-16-13-12(14(18)19)3-2-7-15-13/h2-3,7,11H,4-6,8-10H2,1H3,(H,15,16)(H,18,19). The molecule has 0 saturated carbocycles. The van der Waals surface area contributed by atoms with E-state index in [9.17, 15) is 4.79 Å². The summed E-state index contributed by atoms with van der Waals surface area (Å²) in [5, 5.41) is 12.2. The fraction of sp³-hybridized carbons (Fsp3) is 0.571. The summed E-state index contributed by atoms with van der Waals surface area (Å²) in [5.74, 6) is 0.276. The molecule has 1 aromatic rings. The smallest absolute Gasteiger partial charge is 0.339 e. The van der Waals surface area contributed by atoms with Crippen molar-refractivity contribution in [2.24, 2.45) is 5.92 Å². The van der Waals surface area contributed by atoms with Gasteiger partial charge in [0.2, 0.25) is 0 Å². The maximum Gasteiger partial charge on any atom is 0.339 e. The fourth-order valence-corrected chi connectivity index (χ4v) is 2.46. The van der Waals surface area contributed by atoms with E-state index < -0.39 is 5.97 Å². The number of pyridine rings is 1. The largest absolute Gasteiger partial charge is 0.478 e. The fourth-order valence-electron chi connectivity index (χ4n) is 2.46. The summed E-state index contributed by atoms with van der Waals surface area (Å²) in [4.78, 5) is 17.5. The topological polar surface area (TPSA) is 65.5 Å². The van der Waals surface area contributed by atoms with E-state index in [1.54, 1.807) is 18.3 Å². The van der Waals surface area contributed by atoms with Gasteiger partial charge in [0.05, 0.1) is 0 Å². The number of anilines is 1. The summed E-state index contributed by atoms with van der Waals surface area (Å²) in [6.45, 7) is 3.11. The van der Waals surface area contributed by atoms with Crippen LogP contribution in [0.5, 0.6) is 0 Å². The molecule has 0 radical (unpaired) electrons. The van der Waals surface area contributed by atoms with Crippen LogP contribution >= 0.6 is 0 Å². The van der Waals surface area contributed by atoms with Crippen LogP contribution in [0.1, 0.15) is 29.6 Å². The highest BCUT2D eigenvalue weighted by Crippen LogP contribution is 2.20. The van der Waals surface area contributed by atoms with Crippen molar-refractivity contribution in [2.75, 3.05) is 32.0 Å². The lowest BCUT2D eigenvalue weighted by Crippen LogP contribution is -2.31. The van der Waals surface area contributed by atoms with Crippen LogP contribution in [-0.4, -0.2) is 47.6 Å². The number of aromatic carboxylic acids is 1. The lowest BCUT2D eigenvalue weighted by Gasteiger charge is -2.28. The van der Waals surface area contributed by atoms with Gasteiger partial charge in [0.15, 0.2) is 0 Å². The minimum atomic E-state index is -0.935. The van der Waals surface area contributed by atoms with Gasteiger partial charge in [0.1, 0.15) is 11.4 Å². The van der Waals surface area contributed by atoms with Crippen LogP contribution in [0.2, 0.25) is 0 Å². The molecule has 0 aliphatic carbocycles. The molecule has 1 saturated heterocycles. The number of nitrogens with zero attached hydrogens (tertiary/aromatic N) is 2. The van der Waals surface area contributed by atoms with Gasteiger partial charge in [0.25, 0.3) is 0 Å². The van der Waals surface area contributed by atoms with Crippen LogP contribution in [0.3, 0.4) is 0 Å². The van der Waals surface area contributed by atoms with Gasteiger partial charge in [-0.2, -0.15) is 0 Å². The van der Waals surface area contributed by atoms with Crippen molar-refractivity contribution in [1.29, 1.82) is 0 Å². The molecule has 2 heterocycles. The van der Waals surface area contributed by atoms with Crippen LogP contribution in [0.25, 0.3) is 0 Å². The van der Waals surface area contributed by atoms with Gasteiger partial charge in [-0.25, -0.2) is 9.78 Å². The molecule has 1 aromatic heterocycles. The van der Waals surface area contributed by atoms with Crippen molar-refractivity contribution >= 4 is 11.8 Å². The third-order valence-electron chi connectivity index (χ3n) is 3.72. The van der Waals surface area contributed by atoms with Crippen molar-refractivity contribution in [1.82, 2.24) is 9.88 Å². The van der Waals surface area contributed by atoms with E-state index in [1.807, 2.05) is 0 Å². The Labute approximate surface area is 113 Å². The van der Waals surface area contributed by atoms with E-state index in [0.29, 0.717) is 5.82 Å². The average Bonchev–Trinajstić information content (AvgIpc) is 2.41. The summed E-state index contributed by atoms with van der Waals surface area (Å²) in [5.41, 5.74) is 0.242. The Hall–Kier alpha value is -1.62. The minimum Gasteiger partial charge on any atom is -0.478 e. The van der Waals surface area contributed by atoms with Gasteiger partial charge in [-0.3, -0.25) is 0 Å². The van der Waals surface area contributed by atoms with E-state index in [-0.39, 0.29) is 5.56 Å². The molecular weight excluding hydrogens is 242 g/mol. The first-order chi connectivity index (χ1) is 9.16. The van der Waals surface area contributed by atoms with E-state index in [2.05, 4.69) is 22.2 Å². The number of nitrogens with one attached hydrogen (secondary N) is 1. The second kappa shape index (κ2) is 6.52. The predicted molar refractivity (Wildman–Crippen MR) is 74.5 cm³/mol. The van der Waals surface area contributed by atoms with Crippen LogP contribution in [0.15, 0.2) is 18.3 Å². The van der Waals surface area contributed by atoms with Crippen LogP contribution in [0.4, 0.5) is 5.82 Å². The summed E-state index contributed by atoms with van der Waals surface area (Å²) in [6.07, 6.45) is 5.15. The van der Waals surface area contributed by atoms with Gasteiger partial charge < -0.3 is 15.3 Å². The second-order valence-corrected chi connectivity index (χ2v) is 5.17. The number of carboxylic acid groups (broad SMARTS) is 1. The highest BCUT2D eigenvalue weighted by atomic mass is 16.4. The number of carbonyl (C=O) groups is 1. The number of piperidine rings is 1.